The van der Waals surface area contributed by atoms with Gasteiger partial charge in [0.05, 0.1) is 0 Å². The molecule has 2 rings (SSSR count). The number of carboxylic acids is 1. The van der Waals surface area contributed by atoms with Crippen molar-refractivity contribution in [3.8, 4) is 0 Å². The van der Waals surface area contributed by atoms with Gasteiger partial charge in [-0.3, -0.25) is 9.69 Å². The lowest BCUT2D eigenvalue weighted by atomic mass is 10.2. The van der Waals surface area contributed by atoms with Crippen LogP contribution in [0.4, 0.5) is 4.39 Å². The van der Waals surface area contributed by atoms with Crippen molar-refractivity contribution in [3.63, 3.8) is 0 Å². The summed E-state index contributed by atoms with van der Waals surface area (Å²) in [7, 11) is 0. The number of nitrogens with zero attached hydrogens (tertiary/aromatic N) is 1. The molecule has 0 saturated carbocycles. The highest BCUT2D eigenvalue weighted by Gasteiger charge is 2.30. The van der Waals surface area contributed by atoms with Crippen molar-refractivity contribution >= 4 is 17.6 Å². The first kappa shape index (κ1) is 12.3. The molecule has 1 fully saturated rings. The van der Waals surface area contributed by atoms with Crippen LogP contribution in [0.5, 0.6) is 0 Å². The van der Waals surface area contributed by atoms with Crippen LogP contribution in [0, 0.1) is 5.82 Å². The van der Waals surface area contributed by atoms with Crippen LogP contribution in [0.3, 0.4) is 0 Å². The Labute approximate surface area is 104 Å². The molecule has 0 aliphatic carbocycles. The van der Waals surface area contributed by atoms with E-state index in [1.165, 1.54) is 12.1 Å². The highest BCUT2D eigenvalue weighted by molar-refractivity contribution is 6.30. The zero-order valence-electron chi connectivity index (χ0n) is 9.20. The van der Waals surface area contributed by atoms with Gasteiger partial charge in [0, 0.05) is 11.6 Å². The Morgan fingerprint density at radius 1 is 1.53 bits per heavy atom. The zero-order valence-corrected chi connectivity index (χ0v) is 9.95. The Balaban J connectivity index is 2.12. The van der Waals surface area contributed by atoms with Crippen LogP contribution in [-0.4, -0.2) is 28.6 Å². The summed E-state index contributed by atoms with van der Waals surface area (Å²) in [5, 5.41) is 9.37. The van der Waals surface area contributed by atoms with Gasteiger partial charge in [0.25, 0.3) is 0 Å². The van der Waals surface area contributed by atoms with Crippen LogP contribution in [0.25, 0.3) is 0 Å². The van der Waals surface area contributed by atoms with Gasteiger partial charge in [-0.05, 0) is 43.1 Å². The molecule has 1 N–H and O–H groups in total. The molecule has 3 nitrogen and oxygen atoms in total. The third-order valence-corrected chi connectivity index (χ3v) is 3.17. The van der Waals surface area contributed by atoms with Gasteiger partial charge < -0.3 is 5.11 Å². The van der Waals surface area contributed by atoms with Gasteiger partial charge in [-0.15, -0.1) is 0 Å². The fraction of sp³-hybridized carbons (Fsp3) is 0.417. The largest absolute Gasteiger partial charge is 0.480 e. The second-order valence-corrected chi connectivity index (χ2v) is 4.68. The number of rotatable bonds is 3. The molecule has 0 bridgehead atoms. The lowest BCUT2D eigenvalue weighted by Gasteiger charge is -2.21. The summed E-state index contributed by atoms with van der Waals surface area (Å²) in [6.07, 6.45) is 1.51. The van der Waals surface area contributed by atoms with Gasteiger partial charge in [0.2, 0.25) is 0 Å². The molecule has 0 spiro atoms. The molecule has 92 valence electrons. The summed E-state index contributed by atoms with van der Waals surface area (Å²) < 4.78 is 13.1. The molecule has 0 amide bonds. The van der Waals surface area contributed by atoms with Crippen LogP contribution in [0.15, 0.2) is 18.2 Å². The first-order chi connectivity index (χ1) is 8.06. The van der Waals surface area contributed by atoms with Crippen molar-refractivity contribution in [3.05, 3.63) is 34.6 Å². The SMILES string of the molecule is O=C(O)[C@@H]1CCCN1Cc1cc(F)cc(Cl)c1. The van der Waals surface area contributed by atoms with Crippen molar-refractivity contribution in [2.24, 2.45) is 0 Å². The fourth-order valence-corrected chi connectivity index (χ4v) is 2.48. The van der Waals surface area contributed by atoms with E-state index >= 15 is 0 Å². The summed E-state index contributed by atoms with van der Waals surface area (Å²) in [6.45, 7) is 1.15. The van der Waals surface area contributed by atoms with E-state index in [9.17, 15) is 9.18 Å². The van der Waals surface area contributed by atoms with E-state index in [1.54, 1.807) is 6.07 Å². The van der Waals surface area contributed by atoms with Crippen LogP contribution >= 0.6 is 11.6 Å². The first-order valence-corrected chi connectivity index (χ1v) is 5.86. The number of likely N-dealkylation sites (tertiary alicyclic amines) is 1. The van der Waals surface area contributed by atoms with Gasteiger partial charge in [0.1, 0.15) is 11.9 Å². The average molecular weight is 258 g/mol. The van der Waals surface area contributed by atoms with E-state index in [1.807, 2.05) is 4.90 Å². The van der Waals surface area contributed by atoms with Crippen molar-refractivity contribution in [2.75, 3.05) is 6.54 Å². The monoisotopic (exact) mass is 257 g/mol. The molecule has 1 aromatic rings. The number of halogens is 2. The van der Waals surface area contributed by atoms with E-state index < -0.39 is 17.8 Å². The predicted molar refractivity (Wildman–Crippen MR) is 62.5 cm³/mol. The van der Waals surface area contributed by atoms with E-state index in [-0.39, 0.29) is 0 Å². The summed E-state index contributed by atoms with van der Waals surface area (Å²) in [5.41, 5.74) is 0.711. The average Bonchev–Trinajstić information content (AvgIpc) is 2.63. The molecule has 1 heterocycles. The molecule has 17 heavy (non-hydrogen) atoms. The maximum atomic E-state index is 13.1. The molecule has 1 aromatic carbocycles. The number of hydrogen-bond donors (Lipinski definition) is 1. The summed E-state index contributed by atoms with van der Waals surface area (Å²) in [5.74, 6) is -1.21. The van der Waals surface area contributed by atoms with Crippen molar-refractivity contribution in [1.29, 1.82) is 0 Å². The molecule has 0 aromatic heterocycles. The zero-order chi connectivity index (χ0) is 12.4. The number of carbonyl (C=O) groups is 1. The first-order valence-electron chi connectivity index (χ1n) is 5.48. The predicted octanol–water partition coefficient (Wildman–Crippen LogP) is 2.53. The Kier molecular flexibility index (Phi) is 3.64. The van der Waals surface area contributed by atoms with E-state index in [2.05, 4.69) is 0 Å². The van der Waals surface area contributed by atoms with E-state index in [0.29, 0.717) is 23.6 Å². The summed E-state index contributed by atoms with van der Waals surface area (Å²) in [4.78, 5) is 12.8. The van der Waals surface area contributed by atoms with Gasteiger partial charge in [-0.1, -0.05) is 11.6 Å². The van der Waals surface area contributed by atoms with E-state index in [4.69, 9.17) is 16.7 Å². The van der Waals surface area contributed by atoms with Crippen LogP contribution in [-0.2, 0) is 11.3 Å². The Morgan fingerprint density at radius 3 is 2.94 bits per heavy atom. The number of aliphatic carboxylic acids is 1. The maximum Gasteiger partial charge on any atom is 0.320 e. The molecule has 1 atom stereocenters. The van der Waals surface area contributed by atoms with Crippen molar-refractivity contribution in [2.45, 2.75) is 25.4 Å². The highest BCUT2D eigenvalue weighted by atomic mass is 35.5. The van der Waals surface area contributed by atoms with Crippen LogP contribution < -0.4 is 0 Å². The molecule has 1 saturated heterocycles. The van der Waals surface area contributed by atoms with Crippen LogP contribution in [0.1, 0.15) is 18.4 Å². The van der Waals surface area contributed by atoms with Gasteiger partial charge in [0.15, 0.2) is 0 Å². The maximum absolute atomic E-state index is 13.1. The second-order valence-electron chi connectivity index (χ2n) is 4.24. The Hall–Kier alpha value is -1.13. The van der Waals surface area contributed by atoms with Crippen LogP contribution in [0.2, 0.25) is 5.02 Å². The van der Waals surface area contributed by atoms with E-state index in [0.717, 1.165) is 13.0 Å². The minimum atomic E-state index is -0.815. The molecule has 1 aliphatic heterocycles. The lowest BCUT2D eigenvalue weighted by molar-refractivity contribution is -0.142. The third kappa shape index (κ3) is 2.96. The van der Waals surface area contributed by atoms with Crippen molar-refractivity contribution < 1.29 is 14.3 Å². The molecule has 0 radical (unpaired) electrons. The standard InChI is InChI=1S/C12H13ClFNO2/c13-9-4-8(5-10(14)6-9)7-15-3-1-2-11(15)12(16)17/h4-6,11H,1-3,7H2,(H,16,17)/t11-/m0/s1. The lowest BCUT2D eigenvalue weighted by Crippen LogP contribution is -2.35. The highest BCUT2D eigenvalue weighted by Crippen LogP contribution is 2.22. The Morgan fingerprint density at radius 2 is 2.29 bits per heavy atom. The fourth-order valence-electron chi connectivity index (χ4n) is 2.23. The minimum Gasteiger partial charge on any atom is -0.480 e. The summed E-state index contributed by atoms with van der Waals surface area (Å²) >= 11 is 5.76. The third-order valence-electron chi connectivity index (χ3n) is 2.96. The number of benzene rings is 1. The molecule has 1 aliphatic rings. The summed E-state index contributed by atoms with van der Waals surface area (Å²) in [6, 6.07) is 3.84. The minimum absolute atomic E-state index is 0.339. The smallest absolute Gasteiger partial charge is 0.320 e. The molecule has 0 unspecified atom stereocenters. The normalized spacial score (nSPS) is 20.7. The van der Waals surface area contributed by atoms with Gasteiger partial charge in [-0.25, -0.2) is 4.39 Å². The molecule has 5 heteroatoms. The van der Waals surface area contributed by atoms with Gasteiger partial charge in [-0.2, -0.15) is 0 Å². The van der Waals surface area contributed by atoms with Crippen molar-refractivity contribution in [1.82, 2.24) is 4.90 Å². The topological polar surface area (TPSA) is 40.5 Å². The Bertz CT molecular complexity index is 418. The molecular formula is C12H13ClFNO2. The molecular weight excluding hydrogens is 245 g/mol. The van der Waals surface area contributed by atoms with Gasteiger partial charge >= 0.3 is 5.97 Å². The number of carboxylic acid groups (broad SMARTS) is 1. The number of hydrogen-bond acceptors (Lipinski definition) is 2. The second kappa shape index (κ2) is 5.02. The quantitative estimate of drug-likeness (QED) is 0.905.